The number of sulfone groups is 1. The van der Waals surface area contributed by atoms with E-state index in [-0.39, 0.29) is 30.0 Å². The number of ether oxygens (including phenoxy) is 1. The molecular formula is C20H29N3O4S. The van der Waals surface area contributed by atoms with Crippen LogP contribution in [0.25, 0.3) is 0 Å². The summed E-state index contributed by atoms with van der Waals surface area (Å²) in [6, 6.07) is 9.80. The van der Waals surface area contributed by atoms with Gasteiger partial charge in [-0.1, -0.05) is 30.3 Å². The largest absolute Gasteiger partial charge is 0.396 e. The number of rotatable bonds is 9. The zero-order chi connectivity index (χ0) is 20.0. The van der Waals surface area contributed by atoms with Crippen molar-refractivity contribution in [1.82, 2.24) is 14.5 Å². The number of aliphatic hydroxyl groups excluding tert-OH is 1. The van der Waals surface area contributed by atoms with Crippen molar-refractivity contribution in [2.75, 3.05) is 39.2 Å². The molecule has 154 valence electrons. The van der Waals surface area contributed by atoms with E-state index in [1.165, 1.54) is 7.11 Å². The van der Waals surface area contributed by atoms with E-state index >= 15 is 0 Å². The molecule has 1 atom stereocenters. The van der Waals surface area contributed by atoms with Crippen molar-refractivity contribution in [3.8, 4) is 0 Å². The lowest BCUT2D eigenvalue weighted by atomic mass is 9.99. The van der Waals surface area contributed by atoms with E-state index in [9.17, 15) is 13.5 Å². The predicted molar refractivity (Wildman–Crippen MR) is 107 cm³/mol. The van der Waals surface area contributed by atoms with Crippen molar-refractivity contribution in [3.05, 3.63) is 47.8 Å². The second kappa shape index (κ2) is 9.65. The number of hydrogen-bond acceptors (Lipinski definition) is 6. The molecule has 1 fully saturated rings. The summed E-state index contributed by atoms with van der Waals surface area (Å²) in [4.78, 5) is 6.56. The van der Waals surface area contributed by atoms with Gasteiger partial charge in [0.25, 0.3) is 0 Å². The summed E-state index contributed by atoms with van der Waals surface area (Å²) in [6.07, 6.45) is 3.75. The number of likely N-dealkylation sites (tertiary alicyclic amines) is 1. The smallest absolute Gasteiger partial charge is 0.228 e. The zero-order valence-corrected chi connectivity index (χ0v) is 17.1. The molecule has 0 bridgehead atoms. The van der Waals surface area contributed by atoms with Crippen molar-refractivity contribution in [3.63, 3.8) is 0 Å². The fraction of sp³-hybridized carbons (Fsp3) is 0.550. The molecular weight excluding hydrogens is 378 g/mol. The highest BCUT2D eigenvalue weighted by Gasteiger charge is 2.26. The summed E-state index contributed by atoms with van der Waals surface area (Å²) in [6.45, 7) is 3.17. The number of aliphatic hydroxyl groups is 1. The first kappa shape index (κ1) is 21.0. The van der Waals surface area contributed by atoms with Gasteiger partial charge >= 0.3 is 0 Å². The van der Waals surface area contributed by atoms with Gasteiger partial charge in [-0.15, -0.1) is 0 Å². The first-order chi connectivity index (χ1) is 13.5. The van der Waals surface area contributed by atoms with Gasteiger partial charge in [0, 0.05) is 26.8 Å². The lowest BCUT2D eigenvalue weighted by Crippen LogP contribution is -2.36. The number of imidazole rings is 1. The van der Waals surface area contributed by atoms with Crippen LogP contribution in [0.15, 0.2) is 41.7 Å². The molecule has 0 aliphatic carbocycles. The van der Waals surface area contributed by atoms with Gasteiger partial charge in [-0.05, 0) is 30.9 Å². The molecule has 0 radical (unpaired) electrons. The van der Waals surface area contributed by atoms with Gasteiger partial charge in [0.2, 0.25) is 15.0 Å². The number of benzene rings is 1. The van der Waals surface area contributed by atoms with Crippen LogP contribution in [0.5, 0.6) is 0 Å². The number of methoxy groups -OCH3 is 1. The molecule has 1 aromatic carbocycles. The van der Waals surface area contributed by atoms with Gasteiger partial charge in [0.05, 0.1) is 30.8 Å². The Kier molecular flexibility index (Phi) is 7.23. The highest BCUT2D eigenvalue weighted by atomic mass is 32.2. The van der Waals surface area contributed by atoms with E-state index in [0.29, 0.717) is 13.1 Å². The number of aromatic nitrogens is 2. The highest BCUT2D eigenvalue weighted by Crippen LogP contribution is 2.21. The third-order valence-electron chi connectivity index (χ3n) is 5.17. The molecule has 0 saturated carbocycles. The fourth-order valence-corrected chi connectivity index (χ4v) is 4.96. The van der Waals surface area contributed by atoms with E-state index in [1.54, 1.807) is 6.20 Å². The van der Waals surface area contributed by atoms with Crippen LogP contribution in [0.3, 0.4) is 0 Å². The van der Waals surface area contributed by atoms with Crippen LogP contribution in [0.2, 0.25) is 0 Å². The second-order valence-electron chi connectivity index (χ2n) is 7.34. The van der Waals surface area contributed by atoms with E-state index in [0.717, 1.165) is 37.2 Å². The van der Waals surface area contributed by atoms with Crippen molar-refractivity contribution in [1.29, 1.82) is 0 Å². The van der Waals surface area contributed by atoms with Crippen LogP contribution >= 0.6 is 0 Å². The number of piperidine rings is 1. The zero-order valence-electron chi connectivity index (χ0n) is 16.3. The molecule has 1 aromatic heterocycles. The van der Waals surface area contributed by atoms with Gasteiger partial charge in [0.1, 0.15) is 0 Å². The Bertz CT molecular complexity index is 852. The van der Waals surface area contributed by atoms with Crippen LogP contribution in [0.1, 0.15) is 24.1 Å². The summed E-state index contributed by atoms with van der Waals surface area (Å²) in [5, 5.41) is 9.58. The third kappa shape index (κ3) is 5.20. The van der Waals surface area contributed by atoms with Gasteiger partial charge in [-0.2, -0.15) is 0 Å². The van der Waals surface area contributed by atoms with Crippen LogP contribution in [-0.2, 0) is 27.7 Å². The van der Waals surface area contributed by atoms with E-state index in [4.69, 9.17) is 4.74 Å². The van der Waals surface area contributed by atoms with Gasteiger partial charge in [0.15, 0.2) is 0 Å². The molecule has 2 heterocycles. The Hall–Kier alpha value is -1.74. The summed E-state index contributed by atoms with van der Waals surface area (Å²) in [5.74, 6) is 0.189. The summed E-state index contributed by atoms with van der Waals surface area (Å²) >= 11 is 0. The van der Waals surface area contributed by atoms with E-state index < -0.39 is 9.84 Å². The molecule has 7 nitrogen and oxygen atoms in total. The topological polar surface area (TPSA) is 84.7 Å². The summed E-state index contributed by atoms with van der Waals surface area (Å²) < 4.78 is 32.4. The van der Waals surface area contributed by atoms with Gasteiger partial charge in [-0.25, -0.2) is 13.4 Å². The minimum Gasteiger partial charge on any atom is -0.396 e. The molecule has 0 amide bonds. The van der Waals surface area contributed by atoms with E-state index in [2.05, 4.69) is 9.88 Å². The van der Waals surface area contributed by atoms with Crippen molar-refractivity contribution >= 4 is 9.84 Å². The van der Waals surface area contributed by atoms with Crippen LogP contribution in [-0.4, -0.2) is 67.1 Å². The molecule has 0 spiro atoms. The Balaban J connectivity index is 1.88. The standard InChI is InChI=1S/C20H29N3O4S/c1-27-10-11-28(25,26)20-21-12-19(15-22-9-5-8-18(13-22)16-24)23(20)14-17-6-3-2-4-7-17/h2-4,6-7,12,18,24H,5,8-11,13-16H2,1H3/t18-/m1/s1. The minimum atomic E-state index is -3.54. The lowest BCUT2D eigenvalue weighted by Gasteiger charge is -2.31. The molecule has 3 rings (SSSR count). The molecule has 28 heavy (non-hydrogen) atoms. The summed E-state index contributed by atoms with van der Waals surface area (Å²) in [5.41, 5.74) is 1.90. The first-order valence-electron chi connectivity index (χ1n) is 9.66. The van der Waals surface area contributed by atoms with Crippen LogP contribution in [0, 0.1) is 5.92 Å². The Labute approximate surface area is 166 Å². The fourth-order valence-electron chi connectivity index (χ4n) is 3.66. The second-order valence-corrected chi connectivity index (χ2v) is 9.34. The van der Waals surface area contributed by atoms with Crippen molar-refractivity contribution < 1.29 is 18.3 Å². The highest BCUT2D eigenvalue weighted by molar-refractivity contribution is 7.91. The lowest BCUT2D eigenvalue weighted by molar-refractivity contribution is 0.114. The number of nitrogens with zero attached hydrogens (tertiary/aromatic N) is 3. The van der Waals surface area contributed by atoms with Crippen LogP contribution in [0.4, 0.5) is 0 Å². The Morgan fingerprint density at radius 2 is 2.04 bits per heavy atom. The maximum Gasteiger partial charge on any atom is 0.228 e. The van der Waals surface area contributed by atoms with Gasteiger partial charge < -0.3 is 14.4 Å². The quantitative estimate of drug-likeness (QED) is 0.679. The normalized spacial score (nSPS) is 18.4. The molecule has 1 saturated heterocycles. The third-order valence-corrected chi connectivity index (χ3v) is 6.75. The average Bonchev–Trinajstić information content (AvgIpc) is 3.10. The molecule has 1 aliphatic heterocycles. The maximum atomic E-state index is 12.8. The van der Waals surface area contributed by atoms with Crippen molar-refractivity contribution in [2.45, 2.75) is 31.1 Å². The molecule has 2 aromatic rings. The van der Waals surface area contributed by atoms with Crippen molar-refractivity contribution in [2.24, 2.45) is 5.92 Å². The monoisotopic (exact) mass is 407 g/mol. The molecule has 1 N–H and O–H groups in total. The SMILES string of the molecule is COCCS(=O)(=O)c1ncc(CN2CCC[C@@H](CO)C2)n1Cc1ccccc1. The summed E-state index contributed by atoms with van der Waals surface area (Å²) in [7, 11) is -2.05. The van der Waals surface area contributed by atoms with E-state index in [1.807, 2.05) is 34.9 Å². The molecule has 8 heteroatoms. The first-order valence-corrected chi connectivity index (χ1v) is 11.3. The maximum absolute atomic E-state index is 12.8. The molecule has 0 unspecified atom stereocenters. The van der Waals surface area contributed by atoms with Crippen LogP contribution < -0.4 is 0 Å². The Morgan fingerprint density at radius 3 is 2.75 bits per heavy atom. The van der Waals surface area contributed by atoms with Gasteiger partial charge in [-0.3, -0.25) is 4.90 Å². The molecule has 1 aliphatic rings. The minimum absolute atomic E-state index is 0.0922. The average molecular weight is 408 g/mol. The number of hydrogen-bond donors (Lipinski definition) is 1. The Morgan fingerprint density at radius 1 is 1.25 bits per heavy atom. The predicted octanol–water partition coefficient (Wildman–Crippen LogP) is 1.56.